The number of rotatable bonds is 5. The molecular weight excluding hydrogens is 254 g/mol. The summed E-state index contributed by atoms with van der Waals surface area (Å²) < 4.78 is 0. The highest BCUT2D eigenvalue weighted by atomic mass is 16.4. The first kappa shape index (κ1) is 15.2. The Morgan fingerprint density at radius 1 is 1.26 bits per heavy atom. The zero-order valence-electron chi connectivity index (χ0n) is 10.8. The molecule has 0 aromatic rings. The van der Waals surface area contributed by atoms with Crippen LogP contribution in [-0.4, -0.2) is 64.8 Å². The van der Waals surface area contributed by atoms with Crippen LogP contribution in [0.2, 0.25) is 0 Å². The molecule has 1 aliphatic heterocycles. The topological polar surface area (TPSA) is 119 Å². The van der Waals surface area contributed by atoms with Crippen molar-refractivity contribution in [3.63, 3.8) is 0 Å². The lowest BCUT2D eigenvalue weighted by molar-refractivity contribution is -0.141. The molecule has 2 atom stereocenters. The van der Waals surface area contributed by atoms with Crippen molar-refractivity contribution < 1.29 is 24.6 Å². The standard InChI is InChI=1S/C11H19N3O5/c1-7(15)9(10(17)18)13-11(19)12-6-8(16)14-4-2-3-5-14/h7,9,15H,2-6H2,1H3,(H,17,18)(H2,12,13,19)/t7-,9+/m1/s1. The van der Waals surface area contributed by atoms with Gasteiger partial charge in [-0.3, -0.25) is 4.79 Å². The van der Waals surface area contributed by atoms with Crippen LogP contribution in [0, 0.1) is 0 Å². The van der Waals surface area contributed by atoms with Gasteiger partial charge < -0.3 is 25.7 Å². The van der Waals surface area contributed by atoms with E-state index in [2.05, 4.69) is 10.6 Å². The number of hydrogen-bond acceptors (Lipinski definition) is 4. The van der Waals surface area contributed by atoms with Gasteiger partial charge in [0.2, 0.25) is 5.91 Å². The second-order valence-electron chi connectivity index (χ2n) is 4.47. The molecule has 0 aromatic carbocycles. The number of nitrogens with zero attached hydrogens (tertiary/aromatic N) is 1. The summed E-state index contributed by atoms with van der Waals surface area (Å²) in [6.45, 7) is 2.45. The first-order valence-electron chi connectivity index (χ1n) is 6.15. The quantitative estimate of drug-likeness (QED) is 0.498. The van der Waals surface area contributed by atoms with Gasteiger partial charge in [-0.25, -0.2) is 9.59 Å². The van der Waals surface area contributed by atoms with Gasteiger partial charge >= 0.3 is 12.0 Å². The number of aliphatic hydroxyl groups is 1. The van der Waals surface area contributed by atoms with Crippen LogP contribution in [0.15, 0.2) is 0 Å². The summed E-state index contributed by atoms with van der Waals surface area (Å²) in [4.78, 5) is 35.4. The van der Waals surface area contributed by atoms with E-state index in [9.17, 15) is 19.5 Å². The molecule has 1 aliphatic rings. The molecule has 0 radical (unpaired) electrons. The van der Waals surface area contributed by atoms with Gasteiger partial charge in [-0.2, -0.15) is 0 Å². The van der Waals surface area contributed by atoms with E-state index in [0.717, 1.165) is 12.8 Å². The van der Waals surface area contributed by atoms with E-state index >= 15 is 0 Å². The molecule has 1 saturated heterocycles. The van der Waals surface area contributed by atoms with E-state index in [4.69, 9.17) is 5.11 Å². The molecule has 4 N–H and O–H groups in total. The van der Waals surface area contributed by atoms with Gasteiger partial charge in [0.15, 0.2) is 6.04 Å². The summed E-state index contributed by atoms with van der Waals surface area (Å²) in [6, 6.07) is -2.19. The van der Waals surface area contributed by atoms with Crippen molar-refractivity contribution in [2.75, 3.05) is 19.6 Å². The second-order valence-corrected chi connectivity index (χ2v) is 4.47. The van der Waals surface area contributed by atoms with E-state index in [1.807, 2.05) is 0 Å². The Balaban J connectivity index is 2.34. The summed E-state index contributed by atoms with van der Waals surface area (Å²) in [5.41, 5.74) is 0. The summed E-state index contributed by atoms with van der Waals surface area (Å²) in [7, 11) is 0. The predicted octanol–water partition coefficient (Wildman–Crippen LogP) is -1.26. The number of carboxylic acids is 1. The summed E-state index contributed by atoms with van der Waals surface area (Å²) >= 11 is 0. The van der Waals surface area contributed by atoms with Crippen LogP contribution >= 0.6 is 0 Å². The molecule has 1 heterocycles. The average molecular weight is 273 g/mol. The third kappa shape index (κ3) is 4.74. The molecule has 0 saturated carbocycles. The Labute approximate surface area is 110 Å². The number of urea groups is 1. The van der Waals surface area contributed by atoms with E-state index in [-0.39, 0.29) is 12.5 Å². The highest BCUT2D eigenvalue weighted by Gasteiger charge is 2.25. The van der Waals surface area contributed by atoms with Gasteiger partial charge in [0.1, 0.15) is 0 Å². The molecule has 0 bridgehead atoms. The number of carboxylic acid groups (broad SMARTS) is 1. The van der Waals surface area contributed by atoms with Gasteiger partial charge in [-0.05, 0) is 19.8 Å². The fourth-order valence-corrected chi connectivity index (χ4v) is 1.82. The molecule has 19 heavy (non-hydrogen) atoms. The highest BCUT2D eigenvalue weighted by molar-refractivity contribution is 5.86. The van der Waals surface area contributed by atoms with Crippen molar-refractivity contribution in [2.45, 2.75) is 31.9 Å². The normalized spacial score (nSPS) is 17.7. The minimum atomic E-state index is -1.40. The van der Waals surface area contributed by atoms with E-state index in [1.165, 1.54) is 6.92 Å². The minimum absolute atomic E-state index is 0.183. The first-order valence-corrected chi connectivity index (χ1v) is 6.15. The molecular formula is C11H19N3O5. The van der Waals surface area contributed by atoms with Crippen LogP contribution in [0.5, 0.6) is 0 Å². The maximum Gasteiger partial charge on any atom is 0.328 e. The highest BCUT2D eigenvalue weighted by Crippen LogP contribution is 2.06. The number of aliphatic carboxylic acids is 1. The van der Waals surface area contributed by atoms with Gasteiger partial charge in [-0.15, -0.1) is 0 Å². The summed E-state index contributed by atoms with van der Waals surface area (Å²) in [5, 5.41) is 22.3. The van der Waals surface area contributed by atoms with Gasteiger partial charge in [0, 0.05) is 13.1 Å². The van der Waals surface area contributed by atoms with E-state index in [1.54, 1.807) is 4.90 Å². The van der Waals surface area contributed by atoms with Crippen LogP contribution in [0.4, 0.5) is 4.79 Å². The Morgan fingerprint density at radius 3 is 2.32 bits per heavy atom. The fraction of sp³-hybridized carbons (Fsp3) is 0.727. The zero-order valence-corrected chi connectivity index (χ0v) is 10.8. The Bertz CT molecular complexity index is 352. The van der Waals surface area contributed by atoms with Crippen molar-refractivity contribution in [3.05, 3.63) is 0 Å². The SMILES string of the molecule is C[C@@H](O)[C@H](NC(=O)NCC(=O)N1CCCC1)C(=O)O. The van der Waals surface area contributed by atoms with Crippen molar-refractivity contribution in [1.29, 1.82) is 0 Å². The molecule has 1 rings (SSSR count). The van der Waals surface area contributed by atoms with Gasteiger partial charge in [0.25, 0.3) is 0 Å². The Kier molecular flexibility index (Phi) is 5.56. The number of amides is 3. The van der Waals surface area contributed by atoms with Gasteiger partial charge in [-0.1, -0.05) is 0 Å². The van der Waals surface area contributed by atoms with Crippen LogP contribution in [0.1, 0.15) is 19.8 Å². The third-order valence-electron chi connectivity index (χ3n) is 2.89. The lowest BCUT2D eigenvalue weighted by Gasteiger charge is -2.19. The van der Waals surface area contributed by atoms with Crippen LogP contribution in [0.25, 0.3) is 0 Å². The largest absolute Gasteiger partial charge is 0.480 e. The first-order chi connectivity index (χ1) is 8.91. The Morgan fingerprint density at radius 2 is 1.84 bits per heavy atom. The molecule has 0 aromatic heterocycles. The molecule has 0 unspecified atom stereocenters. The molecule has 8 nitrogen and oxygen atoms in total. The monoisotopic (exact) mass is 273 g/mol. The number of nitrogens with one attached hydrogen (secondary N) is 2. The predicted molar refractivity (Wildman–Crippen MR) is 65.5 cm³/mol. The van der Waals surface area contributed by atoms with Crippen molar-refractivity contribution in [2.24, 2.45) is 0 Å². The van der Waals surface area contributed by atoms with Crippen LogP contribution in [0.3, 0.4) is 0 Å². The minimum Gasteiger partial charge on any atom is -0.480 e. The number of carbonyl (C=O) groups is 3. The molecule has 108 valence electrons. The van der Waals surface area contributed by atoms with Crippen LogP contribution in [-0.2, 0) is 9.59 Å². The van der Waals surface area contributed by atoms with Crippen molar-refractivity contribution in [3.8, 4) is 0 Å². The number of likely N-dealkylation sites (tertiary alicyclic amines) is 1. The lowest BCUT2D eigenvalue weighted by Crippen LogP contribution is -2.52. The molecule has 0 spiro atoms. The molecule has 0 aliphatic carbocycles. The van der Waals surface area contributed by atoms with E-state index < -0.39 is 24.1 Å². The summed E-state index contributed by atoms with van der Waals surface area (Å²) in [6.07, 6.45) is 0.694. The lowest BCUT2D eigenvalue weighted by atomic mass is 10.2. The summed E-state index contributed by atoms with van der Waals surface area (Å²) in [5.74, 6) is -1.53. The smallest absolute Gasteiger partial charge is 0.328 e. The van der Waals surface area contributed by atoms with E-state index in [0.29, 0.717) is 13.1 Å². The second kappa shape index (κ2) is 6.93. The van der Waals surface area contributed by atoms with Crippen molar-refractivity contribution in [1.82, 2.24) is 15.5 Å². The fourth-order valence-electron chi connectivity index (χ4n) is 1.82. The maximum atomic E-state index is 11.6. The molecule has 1 fully saturated rings. The number of hydrogen-bond donors (Lipinski definition) is 4. The van der Waals surface area contributed by atoms with Crippen LogP contribution < -0.4 is 10.6 Å². The Hall–Kier alpha value is -1.83. The number of aliphatic hydroxyl groups excluding tert-OH is 1. The molecule has 8 heteroatoms. The molecule has 3 amide bonds. The van der Waals surface area contributed by atoms with Crippen molar-refractivity contribution >= 4 is 17.9 Å². The maximum absolute atomic E-state index is 11.6. The van der Waals surface area contributed by atoms with Gasteiger partial charge in [0.05, 0.1) is 12.6 Å². The third-order valence-corrected chi connectivity index (χ3v) is 2.89. The number of carbonyl (C=O) groups excluding carboxylic acids is 2. The average Bonchev–Trinajstić information content (AvgIpc) is 2.85. The zero-order chi connectivity index (χ0) is 14.4.